The highest BCUT2D eigenvalue weighted by molar-refractivity contribution is 5.80. The third kappa shape index (κ3) is 2.80. The lowest BCUT2D eigenvalue weighted by Crippen LogP contribution is -2.40. The second kappa shape index (κ2) is 5.83. The van der Waals surface area contributed by atoms with Crippen molar-refractivity contribution in [2.45, 2.75) is 31.3 Å². The van der Waals surface area contributed by atoms with E-state index in [4.69, 9.17) is 4.74 Å². The SMILES string of the molecule is CN(CCOc1ccccc1)C(=O)C1CC2CCC1N2. The van der Waals surface area contributed by atoms with E-state index >= 15 is 0 Å². The zero-order valence-electron chi connectivity index (χ0n) is 11.9. The molecule has 2 fully saturated rings. The Balaban J connectivity index is 1.45. The molecule has 0 aliphatic carbocycles. The van der Waals surface area contributed by atoms with E-state index in [2.05, 4.69) is 5.32 Å². The van der Waals surface area contributed by atoms with Gasteiger partial charge in [-0.05, 0) is 31.4 Å². The molecule has 4 nitrogen and oxygen atoms in total. The Morgan fingerprint density at radius 2 is 2.15 bits per heavy atom. The molecule has 108 valence electrons. The average molecular weight is 274 g/mol. The first kappa shape index (κ1) is 13.4. The Kier molecular flexibility index (Phi) is 3.92. The van der Waals surface area contributed by atoms with Crippen molar-refractivity contribution < 1.29 is 9.53 Å². The molecule has 4 heteroatoms. The lowest BCUT2D eigenvalue weighted by molar-refractivity contribution is -0.135. The Bertz CT molecular complexity index is 463. The van der Waals surface area contributed by atoms with E-state index in [0.29, 0.717) is 25.2 Å². The molecular weight excluding hydrogens is 252 g/mol. The van der Waals surface area contributed by atoms with Crippen LogP contribution >= 0.6 is 0 Å². The van der Waals surface area contributed by atoms with Crippen molar-refractivity contribution >= 4 is 5.91 Å². The van der Waals surface area contributed by atoms with Crippen LogP contribution in [-0.2, 0) is 4.79 Å². The van der Waals surface area contributed by atoms with Crippen LogP contribution in [-0.4, -0.2) is 43.1 Å². The van der Waals surface area contributed by atoms with Gasteiger partial charge >= 0.3 is 0 Å². The van der Waals surface area contributed by atoms with Gasteiger partial charge in [0.15, 0.2) is 0 Å². The number of carbonyl (C=O) groups is 1. The second-order valence-electron chi connectivity index (χ2n) is 5.81. The Labute approximate surface area is 120 Å². The quantitative estimate of drug-likeness (QED) is 0.888. The summed E-state index contributed by atoms with van der Waals surface area (Å²) < 4.78 is 5.64. The third-order valence-electron chi connectivity index (χ3n) is 4.43. The topological polar surface area (TPSA) is 41.6 Å². The molecule has 2 saturated heterocycles. The Morgan fingerprint density at radius 1 is 1.35 bits per heavy atom. The van der Waals surface area contributed by atoms with Crippen LogP contribution in [0.4, 0.5) is 0 Å². The summed E-state index contributed by atoms with van der Waals surface area (Å²) in [7, 11) is 1.88. The molecule has 3 unspecified atom stereocenters. The average Bonchev–Trinajstić information content (AvgIpc) is 3.10. The van der Waals surface area contributed by atoms with Crippen LogP contribution in [0.1, 0.15) is 19.3 Å². The van der Waals surface area contributed by atoms with Gasteiger partial charge in [-0.2, -0.15) is 0 Å². The summed E-state index contributed by atoms with van der Waals surface area (Å²) in [4.78, 5) is 14.2. The maximum atomic E-state index is 12.4. The first-order chi connectivity index (χ1) is 9.74. The summed E-state index contributed by atoms with van der Waals surface area (Å²) in [5, 5.41) is 3.52. The molecular formula is C16H22N2O2. The van der Waals surface area contributed by atoms with E-state index in [9.17, 15) is 4.79 Å². The third-order valence-corrected chi connectivity index (χ3v) is 4.43. The minimum Gasteiger partial charge on any atom is -0.492 e. The van der Waals surface area contributed by atoms with Crippen LogP contribution in [0.2, 0.25) is 0 Å². The number of benzene rings is 1. The van der Waals surface area contributed by atoms with E-state index < -0.39 is 0 Å². The Hall–Kier alpha value is -1.55. The number of amides is 1. The zero-order chi connectivity index (χ0) is 13.9. The normalized spacial score (nSPS) is 27.6. The summed E-state index contributed by atoms with van der Waals surface area (Å²) in [6.07, 6.45) is 3.39. The summed E-state index contributed by atoms with van der Waals surface area (Å²) in [5.74, 6) is 1.30. The van der Waals surface area contributed by atoms with Crippen LogP contribution in [0.15, 0.2) is 30.3 Å². The minimum atomic E-state index is 0.176. The fraction of sp³-hybridized carbons (Fsp3) is 0.562. The van der Waals surface area contributed by atoms with Crippen molar-refractivity contribution in [3.8, 4) is 5.75 Å². The number of ether oxygens (including phenoxy) is 1. The molecule has 2 bridgehead atoms. The van der Waals surface area contributed by atoms with Crippen molar-refractivity contribution in [1.82, 2.24) is 10.2 Å². The van der Waals surface area contributed by atoms with Crippen molar-refractivity contribution in [3.05, 3.63) is 30.3 Å². The highest BCUT2D eigenvalue weighted by atomic mass is 16.5. The van der Waals surface area contributed by atoms with Gasteiger partial charge in [0.1, 0.15) is 12.4 Å². The molecule has 1 aromatic rings. The first-order valence-electron chi connectivity index (χ1n) is 7.43. The second-order valence-corrected chi connectivity index (χ2v) is 5.81. The fourth-order valence-electron chi connectivity index (χ4n) is 3.31. The van der Waals surface area contributed by atoms with E-state index in [0.717, 1.165) is 18.6 Å². The van der Waals surface area contributed by atoms with Gasteiger partial charge < -0.3 is 15.0 Å². The number of hydrogen-bond donors (Lipinski definition) is 1. The van der Waals surface area contributed by atoms with Gasteiger partial charge in [0, 0.05) is 19.1 Å². The van der Waals surface area contributed by atoms with Crippen molar-refractivity contribution in [1.29, 1.82) is 0 Å². The predicted molar refractivity (Wildman–Crippen MR) is 77.6 cm³/mol. The van der Waals surface area contributed by atoms with E-state index in [1.54, 1.807) is 0 Å². The number of para-hydroxylation sites is 1. The van der Waals surface area contributed by atoms with Crippen LogP contribution in [0.25, 0.3) is 0 Å². The summed E-state index contributed by atoms with van der Waals surface area (Å²) in [6, 6.07) is 10.7. The van der Waals surface area contributed by atoms with Crippen LogP contribution in [0.5, 0.6) is 5.75 Å². The number of nitrogens with zero attached hydrogens (tertiary/aromatic N) is 1. The number of hydrogen-bond acceptors (Lipinski definition) is 3. The molecule has 0 aromatic heterocycles. The minimum absolute atomic E-state index is 0.176. The number of nitrogens with one attached hydrogen (secondary N) is 1. The monoisotopic (exact) mass is 274 g/mol. The smallest absolute Gasteiger partial charge is 0.227 e. The molecule has 1 amide bonds. The molecule has 20 heavy (non-hydrogen) atoms. The molecule has 0 radical (unpaired) electrons. The van der Waals surface area contributed by atoms with Crippen LogP contribution in [0, 0.1) is 5.92 Å². The fourth-order valence-corrected chi connectivity index (χ4v) is 3.31. The van der Waals surface area contributed by atoms with Gasteiger partial charge in [-0.3, -0.25) is 4.79 Å². The first-order valence-corrected chi connectivity index (χ1v) is 7.43. The molecule has 0 saturated carbocycles. The van der Waals surface area contributed by atoms with Gasteiger partial charge in [-0.25, -0.2) is 0 Å². The Morgan fingerprint density at radius 3 is 2.80 bits per heavy atom. The van der Waals surface area contributed by atoms with Crippen molar-refractivity contribution in [3.63, 3.8) is 0 Å². The van der Waals surface area contributed by atoms with Gasteiger partial charge in [-0.1, -0.05) is 18.2 Å². The van der Waals surface area contributed by atoms with E-state index in [1.165, 1.54) is 6.42 Å². The summed E-state index contributed by atoms with van der Waals surface area (Å²) >= 11 is 0. The predicted octanol–water partition coefficient (Wildman–Crippen LogP) is 1.66. The molecule has 2 aliphatic heterocycles. The van der Waals surface area contributed by atoms with Crippen molar-refractivity contribution in [2.24, 2.45) is 5.92 Å². The number of carbonyl (C=O) groups excluding carboxylic acids is 1. The van der Waals surface area contributed by atoms with E-state index in [1.807, 2.05) is 42.3 Å². The van der Waals surface area contributed by atoms with Crippen LogP contribution < -0.4 is 10.1 Å². The largest absolute Gasteiger partial charge is 0.492 e. The molecule has 3 atom stereocenters. The molecule has 1 N–H and O–H groups in total. The summed E-state index contributed by atoms with van der Waals surface area (Å²) in [5.41, 5.74) is 0. The number of fused-ring (bicyclic) bond motifs is 2. The highest BCUT2D eigenvalue weighted by Gasteiger charge is 2.43. The zero-order valence-corrected chi connectivity index (χ0v) is 11.9. The van der Waals surface area contributed by atoms with Gasteiger partial charge in [0.2, 0.25) is 5.91 Å². The number of rotatable bonds is 5. The van der Waals surface area contributed by atoms with Crippen LogP contribution in [0.3, 0.4) is 0 Å². The standard InChI is InChI=1S/C16H22N2O2/c1-18(9-10-20-13-5-3-2-4-6-13)16(19)14-11-12-7-8-15(14)17-12/h2-6,12,14-15,17H,7-11H2,1H3. The molecule has 1 aromatic carbocycles. The lowest BCUT2D eigenvalue weighted by Gasteiger charge is -2.25. The molecule has 3 rings (SSSR count). The van der Waals surface area contributed by atoms with Gasteiger partial charge in [0.25, 0.3) is 0 Å². The molecule has 2 heterocycles. The number of likely N-dealkylation sites (N-methyl/N-ethyl adjacent to an activating group) is 1. The lowest BCUT2D eigenvalue weighted by atomic mass is 9.88. The molecule has 2 aliphatic rings. The van der Waals surface area contributed by atoms with Crippen molar-refractivity contribution in [2.75, 3.05) is 20.2 Å². The summed E-state index contributed by atoms with van der Waals surface area (Å²) in [6.45, 7) is 1.18. The van der Waals surface area contributed by atoms with Gasteiger partial charge in [-0.15, -0.1) is 0 Å². The van der Waals surface area contributed by atoms with E-state index in [-0.39, 0.29) is 11.8 Å². The van der Waals surface area contributed by atoms with Gasteiger partial charge in [0.05, 0.1) is 12.5 Å². The molecule has 0 spiro atoms. The maximum Gasteiger partial charge on any atom is 0.227 e. The highest BCUT2D eigenvalue weighted by Crippen LogP contribution is 2.34. The maximum absolute atomic E-state index is 12.4.